The van der Waals surface area contributed by atoms with Crippen LogP contribution in [-0.2, 0) is 24.7 Å². The molecule has 1 aliphatic heterocycles. The molecule has 156 valence electrons. The number of aryl methyl sites for hydroxylation is 1. The highest BCUT2D eigenvalue weighted by atomic mass is 16.5. The lowest BCUT2D eigenvalue weighted by Gasteiger charge is -2.22. The van der Waals surface area contributed by atoms with E-state index in [4.69, 9.17) is 4.74 Å². The van der Waals surface area contributed by atoms with E-state index < -0.39 is 48.5 Å². The fourth-order valence-electron chi connectivity index (χ4n) is 2.69. The molecule has 10 heteroatoms. The summed E-state index contributed by atoms with van der Waals surface area (Å²) in [4.78, 5) is 60.6. The molecule has 0 radical (unpaired) electrons. The summed E-state index contributed by atoms with van der Waals surface area (Å²) in [6, 6.07) is 5.64. The third-order valence-electron chi connectivity index (χ3n) is 4.34. The standard InChI is InChI=1S/C19H24N4O6/c1-4-9-20-17(27)21-14(24)11-29-15(25)10-23-16(26)19(3,22-18(23)28)13-7-5-12(2)6-8-13/h5-8H,4,9-11H2,1-3H3,(H,22,28)(H2,20,21,24,27)/t19-/m0/s1. The fraction of sp³-hybridized carbons (Fsp3) is 0.421. The van der Waals surface area contributed by atoms with Crippen LogP contribution in [0.5, 0.6) is 0 Å². The maximum absolute atomic E-state index is 12.7. The van der Waals surface area contributed by atoms with Crippen molar-refractivity contribution in [3.8, 4) is 0 Å². The first kappa shape index (κ1) is 21.9. The van der Waals surface area contributed by atoms with Crippen molar-refractivity contribution in [2.24, 2.45) is 0 Å². The zero-order valence-electron chi connectivity index (χ0n) is 16.5. The van der Waals surface area contributed by atoms with E-state index in [-0.39, 0.29) is 0 Å². The molecule has 1 aliphatic rings. The third-order valence-corrected chi connectivity index (χ3v) is 4.34. The minimum atomic E-state index is -1.31. The van der Waals surface area contributed by atoms with Crippen LogP contribution >= 0.6 is 0 Å². The van der Waals surface area contributed by atoms with Gasteiger partial charge in [0, 0.05) is 6.54 Å². The number of rotatable bonds is 7. The molecule has 3 N–H and O–H groups in total. The quantitative estimate of drug-likeness (QED) is 0.449. The summed E-state index contributed by atoms with van der Waals surface area (Å²) in [7, 11) is 0. The molecule has 29 heavy (non-hydrogen) atoms. The molecule has 0 aromatic heterocycles. The van der Waals surface area contributed by atoms with Crippen molar-refractivity contribution in [1.82, 2.24) is 20.9 Å². The summed E-state index contributed by atoms with van der Waals surface area (Å²) < 4.78 is 4.75. The van der Waals surface area contributed by atoms with E-state index in [1.54, 1.807) is 19.1 Å². The number of nitrogens with one attached hydrogen (secondary N) is 3. The van der Waals surface area contributed by atoms with Gasteiger partial charge in [-0.3, -0.25) is 24.6 Å². The molecule has 0 saturated carbocycles. The molecule has 1 aromatic rings. The molecular formula is C19H24N4O6. The number of hydrogen-bond acceptors (Lipinski definition) is 6. The lowest BCUT2D eigenvalue weighted by molar-refractivity contribution is -0.150. The van der Waals surface area contributed by atoms with E-state index in [1.165, 1.54) is 0 Å². The number of hydrogen-bond donors (Lipinski definition) is 3. The van der Waals surface area contributed by atoms with Gasteiger partial charge in [0.2, 0.25) is 0 Å². The van der Waals surface area contributed by atoms with E-state index in [0.29, 0.717) is 18.5 Å². The molecule has 1 fully saturated rings. The Balaban J connectivity index is 1.91. The second-order valence-corrected chi connectivity index (χ2v) is 6.78. The molecule has 1 saturated heterocycles. The summed E-state index contributed by atoms with van der Waals surface area (Å²) in [5.41, 5.74) is 0.269. The molecule has 0 spiro atoms. The smallest absolute Gasteiger partial charge is 0.326 e. The van der Waals surface area contributed by atoms with Crippen LogP contribution in [-0.4, -0.2) is 54.4 Å². The first-order valence-corrected chi connectivity index (χ1v) is 9.12. The monoisotopic (exact) mass is 404 g/mol. The highest BCUT2D eigenvalue weighted by Gasteiger charge is 2.49. The van der Waals surface area contributed by atoms with Crippen LogP contribution in [0.3, 0.4) is 0 Å². The van der Waals surface area contributed by atoms with Crippen LogP contribution in [0.1, 0.15) is 31.4 Å². The van der Waals surface area contributed by atoms with Crippen molar-refractivity contribution in [3.63, 3.8) is 0 Å². The fourth-order valence-corrected chi connectivity index (χ4v) is 2.69. The molecular weight excluding hydrogens is 380 g/mol. The van der Waals surface area contributed by atoms with Crippen molar-refractivity contribution in [3.05, 3.63) is 35.4 Å². The largest absolute Gasteiger partial charge is 0.454 e. The number of urea groups is 2. The van der Waals surface area contributed by atoms with E-state index >= 15 is 0 Å². The van der Waals surface area contributed by atoms with Gasteiger partial charge in [-0.1, -0.05) is 36.8 Å². The Kier molecular flexibility index (Phi) is 6.92. The number of imide groups is 2. The lowest BCUT2D eigenvalue weighted by atomic mass is 9.91. The minimum absolute atomic E-state index is 0.394. The first-order valence-electron chi connectivity index (χ1n) is 9.12. The topological polar surface area (TPSA) is 134 Å². The van der Waals surface area contributed by atoms with Gasteiger partial charge in [-0.2, -0.15) is 0 Å². The highest BCUT2D eigenvalue weighted by molar-refractivity contribution is 6.09. The maximum atomic E-state index is 12.7. The third kappa shape index (κ3) is 5.31. The van der Waals surface area contributed by atoms with Crippen molar-refractivity contribution < 1.29 is 28.7 Å². The highest BCUT2D eigenvalue weighted by Crippen LogP contribution is 2.28. The summed E-state index contributed by atoms with van der Waals surface area (Å²) in [5, 5.41) is 7.01. The van der Waals surface area contributed by atoms with Crippen molar-refractivity contribution in [2.45, 2.75) is 32.7 Å². The van der Waals surface area contributed by atoms with Crippen LogP contribution in [0.25, 0.3) is 0 Å². The molecule has 1 atom stereocenters. The number of nitrogens with zero attached hydrogens (tertiary/aromatic N) is 1. The van der Waals surface area contributed by atoms with Gasteiger partial charge in [0.1, 0.15) is 12.1 Å². The average molecular weight is 404 g/mol. The minimum Gasteiger partial charge on any atom is -0.454 e. The Morgan fingerprint density at radius 2 is 1.83 bits per heavy atom. The van der Waals surface area contributed by atoms with E-state index in [0.717, 1.165) is 10.5 Å². The van der Waals surface area contributed by atoms with E-state index in [9.17, 15) is 24.0 Å². The normalized spacial score (nSPS) is 18.2. The van der Waals surface area contributed by atoms with Gasteiger partial charge in [0.05, 0.1) is 0 Å². The van der Waals surface area contributed by atoms with Gasteiger partial charge in [-0.05, 0) is 25.8 Å². The summed E-state index contributed by atoms with van der Waals surface area (Å²) in [6.45, 7) is 4.33. The number of amides is 6. The van der Waals surface area contributed by atoms with Gasteiger partial charge >= 0.3 is 18.0 Å². The van der Waals surface area contributed by atoms with Crippen LogP contribution in [0, 0.1) is 6.92 Å². The maximum Gasteiger partial charge on any atom is 0.326 e. The lowest BCUT2D eigenvalue weighted by Crippen LogP contribution is -2.43. The summed E-state index contributed by atoms with van der Waals surface area (Å²) in [5.74, 6) is -2.38. The van der Waals surface area contributed by atoms with Gasteiger partial charge in [-0.15, -0.1) is 0 Å². The number of carbonyl (C=O) groups is 5. The molecule has 0 unspecified atom stereocenters. The van der Waals surface area contributed by atoms with Crippen LogP contribution < -0.4 is 16.0 Å². The number of ether oxygens (including phenoxy) is 1. The summed E-state index contributed by atoms with van der Waals surface area (Å²) >= 11 is 0. The van der Waals surface area contributed by atoms with Gasteiger partial charge in [0.25, 0.3) is 11.8 Å². The van der Waals surface area contributed by atoms with Crippen molar-refractivity contribution >= 4 is 29.8 Å². The Hall–Kier alpha value is -3.43. The second kappa shape index (κ2) is 9.18. The number of carbonyl (C=O) groups excluding carboxylic acids is 5. The Morgan fingerprint density at radius 1 is 1.17 bits per heavy atom. The zero-order chi connectivity index (χ0) is 21.6. The van der Waals surface area contributed by atoms with Crippen LogP contribution in [0.2, 0.25) is 0 Å². The van der Waals surface area contributed by atoms with Crippen molar-refractivity contribution in [2.75, 3.05) is 19.7 Å². The molecule has 1 heterocycles. The first-order chi connectivity index (χ1) is 13.7. The average Bonchev–Trinajstić information content (AvgIpc) is 2.89. The molecule has 10 nitrogen and oxygen atoms in total. The van der Waals surface area contributed by atoms with Crippen molar-refractivity contribution in [1.29, 1.82) is 0 Å². The van der Waals surface area contributed by atoms with Gasteiger partial charge in [-0.25, -0.2) is 9.59 Å². The van der Waals surface area contributed by atoms with E-state index in [2.05, 4.69) is 10.6 Å². The number of esters is 1. The predicted molar refractivity (Wildman–Crippen MR) is 102 cm³/mol. The Morgan fingerprint density at radius 3 is 2.45 bits per heavy atom. The predicted octanol–water partition coefficient (Wildman–Crippen LogP) is 0.541. The Labute approximate surface area is 168 Å². The summed E-state index contributed by atoms with van der Waals surface area (Å²) in [6.07, 6.45) is 0.698. The molecule has 2 rings (SSSR count). The van der Waals surface area contributed by atoms with Gasteiger partial charge < -0.3 is 15.4 Å². The van der Waals surface area contributed by atoms with Crippen LogP contribution in [0.15, 0.2) is 24.3 Å². The number of benzene rings is 1. The second-order valence-electron chi connectivity index (χ2n) is 6.78. The van der Waals surface area contributed by atoms with Gasteiger partial charge in [0.15, 0.2) is 6.61 Å². The zero-order valence-corrected chi connectivity index (χ0v) is 16.5. The molecule has 0 bridgehead atoms. The SMILES string of the molecule is CCCNC(=O)NC(=O)COC(=O)CN1C(=O)N[C@@](C)(c2ccc(C)cc2)C1=O. The van der Waals surface area contributed by atoms with Crippen LogP contribution in [0.4, 0.5) is 9.59 Å². The molecule has 0 aliphatic carbocycles. The van der Waals surface area contributed by atoms with E-state index in [1.807, 2.05) is 31.3 Å². The molecule has 6 amide bonds. The Bertz CT molecular complexity index is 822. The molecule has 1 aromatic carbocycles.